The second kappa shape index (κ2) is 67.8. The van der Waals surface area contributed by atoms with Crippen molar-refractivity contribution in [1.29, 1.82) is 0 Å². The Morgan fingerprint density at radius 2 is 0.980 bits per heavy atom. The molecule has 1 aliphatic carbocycles. The van der Waals surface area contributed by atoms with E-state index in [1.54, 1.807) is 0 Å². The van der Waals surface area contributed by atoms with Crippen LogP contribution < -0.4 is 14.7 Å². The molecule has 0 aromatic heterocycles. The molecule has 0 spiro atoms. The van der Waals surface area contributed by atoms with E-state index in [2.05, 4.69) is 39.2 Å². The Labute approximate surface area is 676 Å². The van der Waals surface area contributed by atoms with Gasteiger partial charge >= 0.3 is 0 Å². The van der Waals surface area contributed by atoms with Crippen molar-refractivity contribution in [3.8, 4) is 0 Å². The fourth-order valence-electron chi connectivity index (χ4n) is 3.43. The summed E-state index contributed by atoms with van der Waals surface area (Å²) in [6.07, 6.45) is 32.2. The number of allylic oxidation sites excluding steroid dienone is 10. The molecule has 4 unspecified atom stereocenters. The van der Waals surface area contributed by atoms with E-state index in [-0.39, 0.29) is 509 Å². The van der Waals surface area contributed by atoms with Crippen LogP contribution in [0.5, 0.6) is 0 Å². The Hall–Kier alpha value is 15.5. The first-order chi connectivity index (χ1) is 16.1. The van der Waals surface area contributed by atoms with Crippen molar-refractivity contribution in [2.45, 2.75) is 72.1 Å². The van der Waals surface area contributed by atoms with Crippen LogP contribution in [0.25, 0.3) is 0 Å². The van der Waals surface area contributed by atoms with Crippen molar-refractivity contribution < 1.29 is 523 Å². The van der Waals surface area contributed by atoms with Crippen LogP contribution >= 0.6 is 15.6 Å². The van der Waals surface area contributed by atoms with Gasteiger partial charge in [-0.05, 0) is 17.3 Å². The Bertz CT molecular complexity index is 869. The molecule has 0 N–H and O–H groups in total. The van der Waals surface area contributed by atoms with Gasteiger partial charge < -0.3 is 54.1 Å². The number of unbranched alkanes of at least 4 members (excludes halogenated alkanes) is 3. The first kappa shape index (κ1) is 106. The van der Waals surface area contributed by atoms with Crippen molar-refractivity contribution in [3.05, 3.63) is 60.8 Å². The minimum absolute atomic E-state index is 0. The number of phosphoric acid groups is 2. The summed E-state index contributed by atoms with van der Waals surface area (Å²) in [7, 11) is -11.0. The standard InChI is InChI=1S/C25H37O7P2.15Y/c1-4-6-8-10-12-13-14-15-16-18-20-23-24(22-31-34(29,30)32-33(26,27)28)25(23,3)21-19-17-11-9-7-5-2;;;;;;;;;;;;;;;/h8-9,14,20-21,23-24H,4-5,10-12,15-17,22H2,1-3H3,(H,29,30)(H2,26,27,28);;;;;;;;;;;;;;;/q-5;;;;;;;;;;;;;;;/p-3. The Morgan fingerprint density at radius 3 is 1.37 bits per heavy atom. The normalized spacial score (nSPS) is 17.7. The summed E-state index contributed by atoms with van der Waals surface area (Å²) < 4.78 is 30.5. The van der Waals surface area contributed by atoms with Crippen LogP contribution in [0.1, 0.15) is 72.1 Å². The molecule has 0 aromatic carbocycles. The monoisotopic (exact) mass is 1840 g/mol. The molecule has 49 heavy (non-hydrogen) atoms. The van der Waals surface area contributed by atoms with Gasteiger partial charge in [0.25, 0.3) is 7.82 Å². The van der Waals surface area contributed by atoms with Crippen LogP contribution in [0.3, 0.4) is 0 Å². The average molecular weight is 1840 g/mol. The fourth-order valence-corrected chi connectivity index (χ4v) is 4.94. The van der Waals surface area contributed by atoms with E-state index in [9.17, 15) is 23.8 Å². The summed E-state index contributed by atoms with van der Waals surface area (Å²) in [6, 6.07) is 0. The van der Waals surface area contributed by atoms with Crippen molar-refractivity contribution in [1.82, 2.24) is 0 Å². The Balaban J connectivity index is -0.0000000593. The summed E-state index contributed by atoms with van der Waals surface area (Å²) in [4.78, 5) is 32.8. The van der Waals surface area contributed by atoms with E-state index in [4.69, 9.17) is 0 Å². The van der Waals surface area contributed by atoms with Gasteiger partial charge in [-0.15, -0.1) is 0 Å². The summed E-state index contributed by atoms with van der Waals surface area (Å²) in [6.45, 7) is 5.69. The molecule has 0 saturated heterocycles. The van der Waals surface area contributed by atoms with Crippen molar-refractivity contribution in [2.75, 3.05) is 6.61 Å². The molecular formula is C25H34O7P2Y15-8. The van der Waals surface area contributed by atoms with Crippen LogP contribution in [0, 0.1) is 47.6 Å². The predicted molar refractivity (Wildman–Crippen MR) is 125 cm³/mol. The first-order valence-electron chi connectivity index (χ1n) is 11.5. The van der Waals surface area contributed by atoms with Gasteiger partial charge in [-0.3, -0.25) is 39.3 Å². The minimum atomic E-state index is -5.71. The molecule has 15 radical (unpaired) electrons. The van der Waals surface area contributed by atoms with Gasteiger partial charge in [0.1, 0.15) is 0 Å². The van der Waals surface area contributed by atoms with E-state index >= 15 is 0 Å². The van der Waals surface area contributed by atoms with Gasteiger partial charge in [-0.1, -0.05) is 40.0 Å². The third kappa shape index (κ3) is 61.5. The molecule has 0 heterocycles. The van der Waals surface area contributed by atoms with Crippen LogP contribution in [0.15, 0.2) is 30.4 Å². The predicted octanol–water partition coefficient (Wildman–Crippen LogP) is 4.49. The van der Waals surface area contributed by atoms with E-state index in [1.165, 1.54) is 0 Å². The molecule has 1 rings (SSSR count). The molecule has 4 atom stereocenters. The zero-order valence-electron chi connectivity index (χ0n) is 28.8. The maximum atomic E-state index is 11.6. The molecule has 0 aromatic rings. The molecule has 1 aliphatic rings. The molecule has 7 nitrogen and oxygen atoms in total. The average Bonchev–Trinajstić information content (AvgIpc) is 3.31. The zero-order valence-corrected chi connectivity index (χ0v) is 73.2. The number of rotatable bonds is 18. The van der Waals surface area contributed by atoms with Gasteiger partial charge in [0.2, 0.25) is 0 Å². The smallest absolute Gasteiger partial charge is 0.271 e. The van der Waals surface area contributed by atoms with Gasteiger partial charge in [0.05, 0.1) is 14.4 Å². The minimum Gasteiger partial charge on any atom is -0.790 e. The van der Waals surface area contributed by atoms with Crippen LogP contribution in [0.2, 0.25) is 0 Å². The zero-order chi connectivity index (χ0) is 25.5. The van der Waals surface area contributed by atoms with Gasteiger partial charge in [-0.25, -0.2) is 0 Å². The maximum absolute atomic E-state index is 11.6. The second-order valence-electron chi connectivity index (χ2n) is 8.04. The molecule has 0 bridgehead atoms. The Kier molecular flexibility index (Phi) is 147. The van der Waals surface area contributed by atoms with Crippen molar-refractivity contribution in [2.24, 2.45) is 17.3 Å². The number of hydrogen-bond donors (Lipinski definition) is 0. The molecule has 0 amide bonds. The number of hydrogen-bond acceptors (Lipinski definition) is 7. The van der Waals surface area contributed by atoms with Gasteiger partial charge in [-0.2, -0.15) is 32.1 Å². The molecule has 239 valence electrons. The maximum Gasteiger partial charge on any atom is 0.271 e. The first-order valence-corrected chi connectivity index (χ1v) is 14.5. The third-order valence-corrected chi connectivity index (χ3v) is 7.37. The molecule has 24 heteroatoms. The summed E-state index contributed by atoms with van der Waals surface area (Å²) in [5.74, 6) is -0.316. The largest absolute Gasteiger partial charge is 0.790 e. The van der Waals surface area contributed by atoms with E-state index in [0.717, 1.165) is 38.5 Å². The van der Waals surface area contributed by atoms with Crippen LogP contribution in [0.4, 0.5) is 0 Å². The van der Waals surface area contributed by atoms with E-state index < -0.39 is 21.1 Å². The van der Waals surface area contributed by atoms with Crippen molar-refractivity contribution >= 4 is 15.6 Å². The molecular weight excluding hydrogens is 1810 g/mol. The van der Waals surface area contributed by atoms with Gasteiger partial charge in [0, 0.05) is 491 Å². The molecule has 1 fully saturated rings. The van der Waals surface area contributed by atoms with E-state index in [1.807, 2.05) is 51.2 Å². The summed E-state index contributed by atoms with van der Waals surface area (Å²) in [5, 5.41) is 0. The number of phosphoric ester groups is 1. The topological polar surface area (TPSA) is 122 Å². The molecule has 1 saturated carbocycles. The van der Waals surface area contributed by atoms with E-state index in [0.29, 0.717) is 12.8 Å². The quantitative estimate of drug-likeness (QED) is 0.113. The van der Waals surface area contributed by atoms with Crippen LogP contribution in [-0.2, 0) is 509 Å². The van der Waals surface area contributed by atoms with Crippen LogP contribution in [-0.4, -0.2) is 6.61 Å². The third-order valence-electron chi connectivity index (χ3n) is 5.30. The fraction of sp³-hybridized carbons (Fsp3) is 0.600. The Morgan fingerprint density at radius 1 is 0.612 bits per heavy atom. The molecule has 0 aliphatic heterocycles. The summed E-state index contributed by atoms with van der Waals surface area (Å²) >= 11 is 0. The summed E-state index contributed by atoms with van der Waals surface area (Å²) in [5.41, 5.74) is -0.423. The van der Waals surface area contributed by atoms with Gasteiger partial charge in [0.15, 0.2) is 0 Å². The SMILES string of the molecule is CC[C-]=CCC[C-]=CCC[C-]=CC1C(COP(=O)([O-])OP(=O)([O-])[O-])C1(C)C=[C-]CCC=[C-]CC.[Y].[Y].[Y].[Y].[Y].[Y].[Y].[Y].[Y].[Y].[Y].[Y].[Y].[Y].[Y]. The second-order valence-corrected chi connectivity index (χ2v) is 10.7. The van der Waals surface area contributed by atoms with Crippen molar-refractivity contribution in [3.63, 3.8) is 0 Å².